The maximum absolute atomic E-state index is 13.1. The average Bonchev–Trinajstić information content (AvgIpc) is 3.16. The van der Waals surface area contributed by atoms with Crippen molar-refractivity contribution >= 4 is 32.7 Å². The van der Waals surface area contributed by atoms with E-state index in [0.29, 0.717) is 11.8 Å². The number of benzene rings is 1. The Morgan fingerprint density at radius 1 is 1.31 bits per heavy atom. The summed E-state index contributed by atoms with van der Waals surface area (Å²) in [7, 11) is 0. The van der Waals surface area contributed by atoms with Crippen LogP contribution in [0.15, 0.2) is 22.7 Å². The van der Waals surface area contributed by atoms with Crippen LogP contribution < -0.4 is 10.2 Å². The Morgan fingerprint density at radius 2 is 2.15 bits per heavy atom. The van der Waals surface area contributed by atoms with Gasteiger partial charge in [0, 0.05) is 58.1 Å². The van der Waals surface area contributed by atoms with Crippen molar-refractivity contribution < 1.29 is 9.69 Å². The van der Waals surface area contributed by atoms with Gasteiger partial charge in [-0.3, -0.25) is 4.79 Å². The molecule has 4 saturated heterocycles. The molecule has 5 aliphatic rings. The number of hydrogen-bond donors (Lipinski definition) is 3. The van der Waals surface area contributed by atoms with Crippen LogP contribution in [0, 0.1) is 5.92 Å². The predicted molar refractivity (Wildman–Crippen MR) is 104 cm³/mol. The molecule has 4 atom stereocenters. The van der Waals surface area contributed by atoms with E-state index in [4.69, 9.17) is 0 Å². The fourth-order valence-electron chi connectivity index (χ4n) is 7.03. The molecule has 1 aliphatic carbocycles. The summed E-state index contributed by atoms with van der Waals surface area (Å²) >= 11 is 3.64. The van der Waals surface area contributed by atoms with Crippen LogP contribution in [0.1, 0.15) is 44.4 Å². The molecule has 0 saturated carbocycles. The monoisotopic (exact) mass is 414 g/mol. The molecular formula is C21H25BrN3O+. The molecule has 4 aliphatic heterocycles. The minimum Gasteiger partial charge on any atom is -0.358 e. The van der Waals surface area contributed by atoms with E-state index in [2.05, 4.69) is 58.3 Å². The second-order valence-corrected chi connectivity index (χ2v) is 10.6. The SMILES string of the molecule is CC1(C)c2[nH]c3ccc(Br)cc3c2C[C@@]23C[NH+]4CCC[C@]4(C[C@@H]12)C(=O)N3. The summed E-state index contributed by atoms with van der Waals surface area (Å²) in [6, 6.07) is 6.51. The van der Waals surface area contributed by atoms with E-state index in [1.807, 2.05) is 0 Å². The number of carbonyl (C=O) groups is 1. The van der Waals surface area contributed by atoms with Crippen molar-refractivity contribution in [3.05, 3.63) is 33.9 Å². The summed E-state index contributed by atoms with van der Waals surface area (Å²) < 4.78 is 1.12. The highest BCUT2D eigenvalue weighted by molar-refractivity contribution is 9.10. The molecule has 7 rings (SSSR count). The standard InChI is InChI=1S/C21H24BrN3O/c1-19(2)16-10-21-6-3-7-25(21)11-20(16,24-18(21)26)9-14-13-8-12(22)4-5-15(13)23-17(14)19/h4-5,8,16,23H,3,6-7,9-11H2,1-2H3,(H,24,26)/p+1/t16-,20+,21-/m0/s1. The van der Waals surface area contributed by atoms with Gasteiger partial charge in [-0.15, -0.1) is 0 Å². The number of hydrogen-bond acceptors (Lipinski definition) is 1. The first-order valence-electron chi connectivity index (χ1n) is 9.84. The summed E-state index contributed by atoms with van der Waals surface area (Å²) in [6.07, 6.45) is 4.24. The van der Waals surface area contributed by atoms with Gasteiger partial charge in [-0.05, 0) is 23.8 Å². The summed E-state index contributed by atoms with van der Waals surface area (Å²) in [6.45, 7) is 7.03. The van der Waals surface area contributed by atoms with Crippen LogP contribution in [-0.2, 0) is 16.6 Å². The highest BCUT2D eigenvalue weighted by Gasteiger charge is 2.71. The molecule has 2 bridgehead atoms. The van der Waals surface area contributed by atoms with Crippen molar-refractivity contribution in [2.75, 3.05) is 13.1 Å². The number of aromatic nitrogens is 1. The Labute approximate surface area is 161 Å². The van der Waals surface area contributed by atoms with Crippen LogP contribution in [0.3, 0.4) is 0 Å². The van der Waals surface area contributed by atoms with Crippen LogP contribution in [0.4, 0.5) is 0 Å². The first-order chi connectivity index (χ1) is 12.4. The lowest BCUT2D eigenvalue weighted by atomic mass is 9.51. The van der Waals surface area contributed by atoms with Crippen molar-refractivity contribution in [1.29, 1.82) is 0 Å². The van der Waals surface area contributed by atoms with Gasteiger partial charge in [0.15, 0.2) is 5.54 Å². The zero-order valence-corrected chi connectivity index (χ0v) is 16.9. The third-order valence-electron chi connectivity index (χ3n) is 8.18. The topological polar surface area (TPSA) is 49.3 Å². The van der Waals surface area contributed by atoms with Gasteiger partial charge in [-0.25, -0.2) is 0 Å². The van der Waals surface area contributed by atoms with Gasteiger partial charge >= 0.3 is 0 Å². The van der Waals surface area contributed by atoms with E-state index in [0.717, 1.165) is 36.8 Å². The second kappa shape index (κ2) is 4.56. The van der Waals surface area contributed by atoms with Crippen molar-refractivity contribution in [3.63, 3.8) is 0 Å². The van der Waals surface area contributed by atoms with Gasteiger partial charge in [-0.2, -0.15) is 0 Å². The van der Waals surface area contributed by atoms with Gasteiger partial charge in [0.25, 0.3) is 5.91 Å². The maximum Gasteiger partial charge on any atom is 0.282 e. The minimum atomic E-state index is -0.157. The molecule has 5 heterocycles. The number of halogens is 1. The maximum atomic E-state index is 13.1. The van der Waals surface area contributed by atoms with Gasteiger partial charge < -0.3 is 15.2 Å². The van der Waals surface area contributed by atoms with Gasteiger partial charge in [0.2, 0.25) is 0 Å². The summed E-state index contributed by atoms with van der Waals surface area (Å²) in [5.41, 5.74) is 3.80. The van der Waals surface area contributed by atoms with Crippen LogP contribution >= 0.6 is 15.9 Å². The lowest BCUT2D eigenvalue weighted by Crippen LogP contribution is -3.26. The minimum absolute atomic E-state index is 0.0356. The first kappa shape index (κ1) is 15.7. The zero-order chi connectivity index (χ0) is 17.9. The highest BCUT2D eigenvalue weighted by atomic mass is 79.9. The number of piperazine rings is 1. The summed E-state index contributed by atoms with van der Waals surface area (Å²) in [4.78, 5) is 18.4. The molecule has 5 heteroatoms. The largest absolute Gasteiger partial charge is 0.358 e. The van der Waals surface area contributed by atoms with E-state index in [1.54, 1.807) is 4.90 Å². The molecule has 1 amide bonds. The van der Waals surface area contributed by atoms with Crippen molar-refractivity contribution in [2.45, 2.75) is 56.0 Å². The Hall–Kier alpha value is -1.33. The molecule has 1 aromatic carbocycles. The normalized spacial score (nSPS) is 39.4. The predicted octanol–water partition coefficient (Wildman–Crippen LogP) is 2.07. The van der Waals surface area contributed by atoms with E-state index < -0.39 is 0 Å². The number of aromatic amines is 1. The van der Waals surface area contributed by atoms with Crippen molar-refractivity contribution in [2.24, 2.45) is 5.92 Å². The van der Waals surface area contributed by atoms with E-state index in [1.165, 1.54) is 28.6 Å². The number of piperidine rings is 2. The molecular weight excluding hydrogens is 390 g/mol. The number of H-pyrrole nitrogens is 1. The Morgan fingerprint density at radius 3 is 3.00 bits per heavy atom. The first-order valence-corrected chi connectivity index (χ1v) is 10.6. The average molecular weight is 415 g/mol. The fraction of sp³-hybridized carbons (Fsp3) is 0.571. The molecule has 1 aromatic heterocycles. The summed E-state index contributed by atoms with van der Waals surface area (Å²) in [5, 5.41) is 4.88. The molecule has 4 nitrogen and oxygen atoms in total. The van der Waals surface area contributed by atoms with Crippen molar-refractivity contribution in [1.82, 2.24) is 10.3 Å². The van der Waals surface area contributed by atoms with Gasteiger partial charge in [0.1, 0.15) is 6.54 Å². The quantitative estimate of drug-likeness (QED) is 0.607. The van der Waals surface area contributed by atoms with Gasteiger partial charge in [0.05, 0.1) is 12.1 Å². The number of quaternary nitrogens is 1. The number of amides is 1. The van der Waals surface area contributed by atoms with Crippen molar-refractivity contribution in [3.8, 4) is 0 Å². The highest BCUT2D eigenvalue weighted by Crippen LogP contribution is 2.54. The second-order valence-electron chi connectivity index (χ2n) is 9.65. The van der Waals surface area contributed by atoms with E-state index >= 15 is 0 Å². The molecule has 1 unspecified atom stereocenters. The number of fused-ring (bicyclic) bond motifs is 4. The molecule has 4 fully saturated rings. The van der Waals surface area contributed by atoms with Crippen LogP contribution in [-0.4, -0.2) is 35.1 Å². The molecule has 26 heavy (non-hydrogen) atoms. The zero-order valence-electron chi connectivity index (χ0n) is 15.3. The lowest BCUT2D eigenvalue weighted by Gasteiger charge is -2.63. The number of rotatable bonds is 0. The van der Waals surface area contributed by atoms with Crippen LogP contribution in [0.5, 0.6) is 0 Å². The number of nitrogens with one attached hydrogen (secondary N) is 3. The number of carbonyl (C=O) groups excluding carboxylic acids is 1. The fourth-order valence-corrected chi connectivity index (χ4v) is 7.40. The molecule has 3 N–H and O–H groups in total. The molecule has 2 aromatic rings. The molecule has 136 valence electrons. The molecule has 2 spiro atoms. The van der Waals surface area contributed by atoms with Crippen LogP contribution in [0.2, 0.25) is 0 Å². The Kier molecular flexibility index (Phi) is 2.75. The van der Waals surface area contributed by atoms with E-state index in [9.17, 15) is 4.79 Å². The lowest BCUT2D eigenvalue weighted by molar-refractivity contribution is -0.944. The van der Waals surface area contributed by atoms with Gasteiger partial charge in [-0.1, -0.05) is 29.8 Å². The molecule has 0 radical (unpaired) electrons. The Bertz CT molecular complexity index is 979. The third-order valence-corrected chi connectivity index (χ3v) is 8.67. The smallest absolute Gasteiger partial charge is 0.282 e. The third kappa shape index (κ3) is 1.64. The Balaban J connectivity index is 1.59. The van der Waals surface area contributed by atoms with Crippen LogP contribution in [0.25, 0.3) is 10.9 Å². The van der Waals surface area contributed by atoms with E-state index in [-0.39, 0.29) is 16.5 Å². The summed E-state index contributed by atoms with van der Waals surface area (Å²) in [5.74, 6) is 0.825.